The van der Waals surface area contributed by atoms with Crippen LogP contribution < -0.4 is 16.0 Å². The molecular weight excluding hydrogens is 292 g/mol. The highest BCUT2D eigenvalue weighted by Gasteiger charge is 2.21. The number of carbonyl (C=O) groups excluding carboxylic acids is 2. The van der Waals surface area contributed by atoms with Crippen LogP contribution >= 0.6 is 0 Å². The number of hydrogen-bond acceptors (Lipinski definition) is 3. The highest BCUT2D eigenvalue weighted by Crippen LogP contribution is 2.13. The minimum Gasteiger partial charge on any atom is -0.355 e. The fraction of sp³-hybridized carbons (Fsp3) is 0.529. The lowest BCUT2D eigenvalue weighted by Gasteiger charge is -2.33. The van der Waals surface area contributed by atoms with Gasteiger partial charge in [0.1, 0.15) is 0 Å². The summed E-state index contributed by atoms with van der Waals surface area (Å²) in [4.78, 5) is 25.6. The minimum absolute atomic E-state index is 0.0140. The van der Waals surface area contributed by atoms with Crippen LogP contribution in [0.4, 0.5) is 4.79 Å². The van der Waals surface area contributed by atoms with Crippen molar-refractivity contribution >= 4 is 11.9 Å². The number of likely N-dealkylation sites (tertiary alicyclic amines) is 1. The quantitative estimate of drug-likeness (QED) is 0.735. The van der Waals surface area contributed by atoms with Crippen LogP contribution in [0.25, 0.3) is 0 Å². The number of likely N-dealkylation sites (N-methyl/N-ethyl adjacent to an activating group) is 1. The normalized spacial score (nSPS) is 18.2. The van der Waals surface area contributed by atoms with E-state index in [0.717, 1.165) is 32.5 Å². The minimum atomic E-state index is -0.275. The Morgan fingerprint density at radius 1 is 1.22 bits per heavy atom. The topological polar surface area (TPSA) is 73.5 Å². The van der Waals surface area contributed by atoms with Crippen molar-refractivity contribution in [1.82, 2.24) is 20.9 Å². The van der Waals surface area contributed by atoms with E-state index in [9.17, 15) is 9.59 Å². The molecule has 1 aliphatic rings. The average Bonchev–Trinajstić information content (AvgIpc) is 2.55. The summed E-state index contributed by atoms with van der Waals surface area (Å²) in [5.74, 6) is -0.169. The zero-order chi connectivity index (χ0) is 16.5. The molecule has 1 saturated heterocycles. The first-order valence-corrected chi connectivity index (χ1v) is 8.24. The van der Waals surface area contributed by atoms with Crippen LogP contribution in [0.15, 0.2) is 30.3 Å². The van der Waals surface area contributed by atoms with Gasteiger partial charge >= 0.3 is 6.03 Å². The van der Waals surface area contributed by atoms with Crippen molar-refractivity contribution in [2.24, 2.45) is 0 Å². The molecule has 3 amide bonds. The van der Waals surface area contributed by atoms with Crippen molar-refractivity contribution in [3.05, 3.63) is 35.9 Å². The summed E-state index contributed by atoms with van der Waals surface area (Å²) >= 11 is 0. The maximum Gasteiger partial charge on any atom is 0.315 e. The fourth-order valence-electron chi connectivity index (χ4n) is 2.82. The molecule has 1 unspecified atom stereocenters. The van der Waals surface area contributed by atoms with E-state index in [1.54, 1.807) is 0 Å². The Labute approximate surface area is 137 Å². The van der Waals surface area contributed by atoms with Crippen LogP contribution in [0.1, 0.15) is 25.3 Å². The van der Waals surface area contributed by atoms with Gasteiger partial charge in [-0.25, -0.2) is 4.79 Å². The monoisotopic (exact) mass is 318 g/mol. The van der Waals surface area contributed by atoms with Crippen molar-refractivity contribution < 1.29 is 9.59 Å². The molecule has 1 aromatic rings. The Kier molecular flexibility index (Phi) is 6.87. The van der Waals surface area contributed by atoms with Gasteiger partial charge < -0.3 is 16.0 Å². The molecule has 1 aliphatic heterocycles. The molecule has 23 heavy (non-hydrogen) atoms. The average molecular weight is 318 g/mol. The SMILES string of the molecule is CCNC(=O)CNC(=O)NC1CCCN(Cc2ccccc2)C1. The molecule has 0 aromatic heterocycles. The number of amides is 3. The number of benzene rings is 1. The number of nitrogens with one attached hydrogen (secondary N) is 3. The predicted octanol–water partition coefficient (Wildman–Crippen LogP) is 1.09. The van der Waals surface area contributed by atoms with Crippen molar-refractivity contribution in [2.75, 3.05) is 26.2 Å². The lowest BCUT2D eigenvalue weighted by atomic mass is 10.0. The molecule has 0 saturated carbocycles. The standard InChI is InChI=1S/C17H26N4O2/c1-2-18-16(22)11-19-17(23)20-15-9-6-10-21(13-15)12-14-7-4-3-5-8-14/h3-5,7-8,15H,2,6,9-13H2,1H3,(H,18,22)(H2,19,20,23). The molecule has 0 aliphatic carbocycles. The van der Waals surface area contributed by atoms with E-state index < -0.39 is 0 Å². The molecule has 1 fully saturated rings. The molecule has 0 radical (unpaired) electrons. The summed E-state index contributed by atoms with van der Waals surface area (Å²) < 4.78 is 0. The van der Waals surface area contributed by atoms with Crippen LogP contribution in [0, 0.1) is 0 Å². The molecule has 126 valence electrons. The van der Waals surface area contributed by atoms with Gasteiger partial charge in [-0.15, -0.1) is 0 Å². The highest BCUT2D eigenvalue weighted by molar-refractivity contribution is 5.83. The second-order valence-corrected chi connectivity index (χ2v) is 5.84. The third-order valence-electron chi connectivity index (χ3n) is 3.87. The first-order valence-electron chi connectivity index (χ1n) is 8.24. The number of hydrogen-bond donors (Lipinski definition) is 3. The second-order valence-electron chi connectivity index (χ2n) is 5.84. The Bertz CT molecular complexity index is 507. The van der Waals surface area contributed by atoms with Crippen molar-refractivity contribution in [1.29, 1.82) is 0 Å². The summed E-state index contributed by atoms with van der Waals surface area (Å²) in [7, 11) is 0. The van der Waals surface area contributed by atoms with Crippen LogP contribution in [-0.4, -0.2) is 49.1 Å². The van der Waals surface area contributed by atoms with Crippen molar-refractivity contribution in [2.45, 2.75) is 32.4 Å². The number of rotatable bonds is 6. The zero-order valence-electron chi connectivity index (χ0n) is 13.7. The van der Waals surface area contributed by atoms with Gasteiger partial charge in [0.15, 0.2) is 0 Å². The molecule has 0 bridgehead atoms. The van der Waals surface area contributed by atoms with E-state index in [-0.39, 0.29) is 24.5 Å². The first kappa shape index (κ1) is 17.3. The third-order valence-corrected chi connectivity index (χ3v) is 3.87. The van der Waals surface area contributed by atoms with E-state index in [1.165, 1.54) is 5.56 Å². The van der Waals surface area contributed by atoms with E-state index in [1.807, 2.05) is 25.1 Å². The Balaban J connectivity index is 1.73. The number of nitrogens with zero attached hydrogens (tertiary/aromatic N) is 1. The molecular formula is C17H26N4O2. The summed E-state index contributed by atoms with van der Waals surface area (Å²) in [5, 5.41) is 8.21. The van der Waals surface area contributed by atoms with Crippen LogP contribution in [0.5, 0.6) is 0 Å². The maximum atomic E-state index is 11.9. The molecule has 6 heteroatoms. The molecule has 1 aromatic carbocycles. The lowest BCUT2D eigenvalue weighted by Crippen LogP contribution is -2.51. The Hall–Kier alpha value is -2.08. The van der Waals surface area contributed by atoms with Crippen LogP contribution in [0.2, 0.25) is 0 Å². The van der Waals surface area contributed by atoms with Gasteiger partial charge in [0.05, 0.1) is 6.54 Å². The maximum absolute atomic E-state index is 11.9. The van der Waals surface area contributed by atoms with E-state index in [2.05, 4.69) is 33.0 Å². The first-order chi connectivity index (χ1) is 11.2. The summed E-state index contributed by atoms with van der Waals surface area (Å²) in [6, 6.07) is 10.2. The smallest absolute Gasteiger partial charge is 0.315 e. The van der Waals surface area contributed by atoms with Crippen LogP contribution in [0.3, 0.4) is 0 Å². The molecule has 3 N–H and O–H groups in total. The van der Waals surface area contributed by atoms with E-state index in [0.29, 0.717) is 6.54 Å². The summed E-state index contributed by atoms with van der Waals surface area (Å²) in [6.07, 6.45) is 2.04. The molecule has 6 nitrogen and oxygen atoms in total. The van der Waals surface area contributed by atoms with Gasteiger partial charge in [-0.1, -0.05) is 30.3 Å². The van der Waals surface area contributed by atoms with Crippen molar-refractivity contribution in [3.8, 4) is 0 Å². The van der Waals surface area contributed by atoms with Crippen LogP contribution in [-0.2, 0) is 11.3 Å². The predicted molar refractivity (Wildman–Crippen MR) is 90.0 cm³/mol. The van der Waals surface area contributed by atoms with Crippen molar-refractivity contribution in [3.63, 3.8) is 0 Å². The number of piperidine rings is 1. The third kappa shape index (κ3) is 6.28. The summed E-state index contributed by atoms with van der Waals surface area (Å²) in [6.45, 7) is 5.22. The number of urea groups is 1. The lowest BCUT2D eigenvalue weighted by molar-refractivity contribution is -0.119. The largest absolute Gasteiger partial charge is 0.355 e. The molecule has 1 atom stereocenters. The Morgan fingerprint density at radius 2 is 2.00 bits per heavy atom. The molecule has 0 spiro atoms. The van der Waals surface area contributed by atoms with Gasteiger partial charge in [0, 0.05) is 25.7 Å². The fourth-order valence-corrected chi connectivity index (χ4v) is 2.82. The van der Waals surface area contributed by atoms with Gasteiger partial charge in [0.25, 0.3) is 0 Å². The van der Waals surface area contributed by atoms with Gasteiger partial charge in [-0.3, -0.25) is 9.69 Å². The van der Waals surface area contributed by atoms with E-state index >= 15 is 0 Å². The zero-order valence-corrected chi connectivity index (χ0v) is 13.7. The van der Waals surface area contributed by atoms with Gasteiger partial charge in [-0.05, 0) is 31.9 Å². The Morgan fingerprint density at radius 3 is 2.74 bits per heavy atom. The second kappa shape index (κ2) is 9.15. The number of carbonyl (C=O) groups is 2. The molecule has 2 rings (SSSR count). The van der Waals surface area contributed by atoms with E-state index in [4.69, 9.17) is 0 Å². The van der Waals surface area contributed by atoms with Gasteiger partial charge in [0.2, 0.25) is 5.91 Å². The summed E-state index contributed by atoms with van der Waals surface area (Å²) in [5.41, 5.74) is 1.29. The molecule has 1 heterocycles. The highest BCUT2D eigenvalue weighted by atomic mass is 16.2. The van der Waals surface area contributed by atoms with Gasteiger partial charge in [-0.2, -0.15) is 0 Å².